The lowest BCUT2D eigenvalue weighted by atomic mass is 9.72. The maximum Gasteiger partial charge on any atom is 0.407 e. The summed E-state index contributed by atoms with van der Waals surface area (Å²) in [6, 6.07) is 9.13. The summed E-state index contributed by atoms with van der Waals surface area (Å²) in [5.74, 6) is 1.63. The SMILES string of the molecule is CC(C)(C)NC(=O)C1C[C@@H]2CCCC[C@@H]2CN1C[C@@H](O)[C@H](CSc1ccccc1)NC(=O)OC(C)(C)C. The molecule has 8 heteroatoms. The molecule has 2 amide bonds. The zero-order valence-corrected chi connectivity index (χ0v) is 24.3. The molecule has 0 radical (unpaired) electrons. The highest BCUT2D eigenvalue weighted by Crippen LogP contribution is 2.39. The van der Waals surface area contributed by atoms with Crippen molar-refractivity contribution in [1.29, 1.82) is 0 Å². The first-order chi connectivity index (χ1) is 17.3. The number of carbonyl (C=O) groups is 2. The molecule has 3 rings (SSSR count). The van der Waals surface area contributed by atoms with E-state index < -0.39 is 23.8 Å². The molecule has 37 heavy (non-hydrogen) atoms. The van der Waals surface area contributed by atoms with Gasteiger partial charge >= 0.3 is 6.09 Å². The molecular formula is C29H47N3O4S. The second kappa shape index (κ2) is 12.9. The summed E-state index contributed by atoms with van der Waals surface area (Å²) >= 11 is 1.58. The molecule has 3 N–H and O–H groups in total. The molecule has 2 aliphatic rings. The standard InChI is InChI=1S/C29H47N3O4S/c1-28(2,3)31-26(34)24-16-20-12-10-11-13-21(20)17-32(24)18-25(33)23(30-27(35)36-29(4,5)6)19-37-22-14-8-7-9-15-22/h7-9,14-15,20-21,23-25,33H,10-13,16-19H2,1-6H3,(H,30,35)(H,31,34)/t20-,21+,23-,24?,25+/m0/s1. The minimum Gasteiger partial charge on any atom is -0.444 e. The number of benzene rings is 1. The van der Waals surface area contributed by atoms with Gasteiger partial charge in [0, 0.05) is 29.3 Å². The molecule has 1 saturated carbocycles. The van der Waals surface area contributed by atoms with Gasteiger partial charge < -0.3 is 20.5 Å². The third kappa shape index (κ3) is 9.80. The number of carbonyl (C=O) groups excluding carboxylic acids is 2. The quantitative estimate of drug-likeness (QED) is 0.415. The summed E-state index contributed by atoms with van der Waals surface area (Å²) < 4.78 is 5.50. The highest BCUT2D eigenvalue weighted by atomic mass is 32.2. The molecule has 2 fully saturated rings. The van der Waals surface area contributed by atoms with E-state index in [1.165, 1.54) is 25.7 Å². The number of nitrogens with zero attached hydrogens (tertiary/aromatic N) is 1. The van der Waals surface area contributed by atoms with Gasteiger partial charge in [0.25, 0.3) is 0 Å². The lowest BCUT2D eigenvalue weighted by Gasteiger charge is -2.47. The van der Waals surface area contributed by atoms with Gasteiger partial charge in [0.1, 0.15) is 5.60 Å². The van der Waals surface area contributed by atoms with E-state index in [0.29, 0.717) is 24.1 Å². The number of amides is 2. The van der Waals surface area contributed by atoms with Crippen LogP contribution in [0, 0.1) is 11.8 Å². The Balaban J connectivity index is 1.75. The summed E-state index contributed by atoms with van der Waals surface area (Å²) in [5, 5.41) is 17.5. The van der Waals surface area contributed by atoms with Gasteiger partial charge in [-0.1, -0.05) is 37.5 Å². The van der Waals surface area contributed by atoms with Gasteiger partial charge in [0.15, 0.2) is 0 Å². The Kier molecular flexibility index (Phi) is 10.3. The number of rotatable bonds is 8. The van der Waals surface area contributed by atoms with E-state index in [0.717, 1.165) is 17.9 Å². The van der Waals surface area contributed by atoms with E-state index in [2.05, 4.69) is 15.5 Å². The second-order valence-electron chi connectivity index (χ2n) is 12.7. The maximum absolute atomic E-state index is 13.4. The van der Waals surface area contributed by atoms with E-state index in [4.69, 9.17) is 4.74 Å². The number of ether oxygens (including phenoxy) is 1. The Morgan fingerprint density at radius 3 is 2.35 bits per heavy atom. The topological polar surface area (TPSA) is 90.9 Å². The van der Waals surface area contributed by atoms with Crippen molar-refractivity contribution < 1.29 is 19.4 Å². The van der Waals surface area contributed by atoms with Gasteiger partial charge in [-0.15, -0.1) is 11.8 Å². The second-order valence-corrected chi connectivity index (χ2v) is 13.8. The molecule has 1 aromatic carbocycles. The Labute approximate surface area is 227 Å². The third-order valence-corrected chi connectivity index (χ3v) is 8.20. The van der Waals surface area contributed by atoms with Crippen molar-refractivity contribution in [2.75, 3.05) is 18.8 Å². The smallest absolute Gasteiger partial charge is 0.407 e. The highest BCUT2D eigenvalue weighted by Gasteiger charge is 2.41. The normalized spacial score (nSPS) is 24.5. The predicted octanol–water partition coefficient (Wildman–Crippen LogP) is 4.83. The van der Waals surface area contributed by atoms with Gasteiger partial charge in [-0.05, 0) is 78.4 Å². The number of hydrogen-bond donors (Lipinski definition) is 3. The number of β-amino-alcohol motifs (C(OH)–C–C–N with tert-alkyl or cyclic N) is 1. The average Bonchev–Trinajstić information content (AvgIpc) is 2.79. The van der Waals surface area contributed by atoms with E-state index in [9.17, 15) is 14.7 Å². The molecular weight excluding hydrogens is 486 g/mol. The van der Waals surface area contributed by atoms with Crippen LogP contribution in [0.5, 0.6) is 0 Å². The van der Waals surface area contributed by atoms with Gasteiger partial charge in [0.05, 0.1) is 18.2 Å². The number of thioether (sulfide) groups is 1. The van der Waals surface area contributed by atoms with Crippen LogP contribution >= 0.6 is 11.8 Å². The van der Waals surface area contributed by atoms with E-state index in [1.807, 2.05) is 71.9 Å². The molecule has 1 aromatic rings. The Hall–Kier alpha value is -1.77. The number of hydrogen-bond acceptors (Lipinski definition) is 6. The lowest BCUT2D eigenvalue weighted by molar-refractivity contribution is -0.132. The first kappa shape index (κ1) is 29.8. The number of fused-ring (bicyclic) bond motifs is 1. The van der Waals surface area contributed by atoms with Crippen LogP contribution in [0.25, 0.3) is 0 Å². The van der Waals surface area contributed by atoms with E-state index >= 15 is 0 Å². The van der Waals surface area contributed by atoms with Gasteiger partial charge in [-0.2, -0.15) is 0 Å². The molecule has 0 aromatic heterocycles. The van der Waals surface area contributed by atoms with Gasteiger partial charge in [-0.25, -0.2) is 4.79 Å². The number of nitrogens with one attached hydrogen (secondary N) is 2. The van der Waals surface area contributed by atoms with Crippen LogP contribution in [-0.2, 0) is 9.53 Å². The van der Waals surface area contributed by atoms with Crippen molar-refractivity contribution in [3.63, 3.8) is 0 Å². The van der Waals surface area contributed by atoms with Gasteiger partial charge in [-0.3, -0.25) is 9.69 Å². The molecule has 1 saturated heterocycles. The van der Waals surface area contributed by atoms with Crippen LogP contribution in [-0.4, -0.2) is 70.2 Å². The highest BCUT2D eigenvalue weighted by molar-refractivity contribution is 7.99. The number of likely N-dealkylation sites (tertiary alicyclic amines) is 1. The van der Waals surface area contributed by atoms with Crippen LogP contribution in [0.4, 0.5) is 4.79 Å². The number of aliphatic hydroxyl groups is 1. The van der Waals surface area contributed by atoms with Crippen molar-refractivity contribution in [1.82, 2.24) is 15.5 Å². The van der Waals surface area contributed by atoms with Crippen molar-refractivity contribution in [3.05, 3.63) is 30.3 Å². The molecule has 5 atom stereocenters. The van der Waals surface area contributed by atoms with Crippen LogP contribution < -0.4 is 10.6 Å². The first-order valence-corrected chi connectivity index (χ1v) is 14.7. The first-order valence-electron chi connectivity index (χ1n) is 13.7. The Bertz CT molecular complexity index is 883. The number of piperidine rings is 1. The van der Waals surface area contributed by atoms with Crippen molar-refractivity contribution in [2.45, 2.75) is 108 Å². The number of alkyl carbamates (subject to hydrolysis) is 1. The molecule has 0 bridgehead atoms. The summed E-state index contributed by atoms with van der Waals surface area (Å²) in [5.41, 5.74) is -0.955. The Morgan fingerprint density at radius 2 is 1.73 bits per heavy atom. The zero-order chi connectivity index (χ0) is 27.2. The average molecular weight is 534 g/mol. The molecule has 1 heterocycles. The zero-order valence-electron chi connectivity index (χ0n) is 23.5. The molecule has 1 aliphatic heterocycles. The monoisotopic (exact) mass is 533 g/mol. The maximum atomic E-state index is 13.4. The number of aliphatic hydroxyl groups excluding tert-OH is 1. The summed E-state index contributed by atoms with van der Waals surface area (Å²) in [6.07, 6.45) is 4.24. The van der Waals surface area contributed by atoms with Crippen molar-refractivity contribution >= 4 is 23.8 Å². The van der Waals surface area contributed by atoms with Crippen molar-refractivity contribution in [2.24, 2.45) is 11.8 Å². The molecule has 7 nitrogen and oxygen atoms in total. The molecule has 1 unspecified atom stereocenters. The van der Waals surface area contributed by atoms with E-state index in [-0.39, 0.29) is 17.5 Å². The summed E-state index contributed by atoms with van der Waals surface area (Å²) in [7, 11) is 0. The fourth-order valence-corrected chi connectivity index (χ4v) is 6.43. The Morgan fingerprint density at radius 1 is 1.08 bits per heavy atom. The van der Waals surface area contributed by atoms with Crippen LogP contribution in [0.15, 0.2) is 35.2 Å². The summed E-state index contributed by atoms with van der Waals surface area (Å²) in [4.78, 5) is 29.3. The largest absolute Gasteiger partial charge is 0.444 e. The van der Waals surface area contributed by atoms with Crippen LogP contribution in [0.3, 0.4) is 0 Å². The fraction of sp³-hybridized carbons (Fsp3) is 0.724. The fourth-order valence-electron chi connectivity index (χ4n) is 5.41. The van der Waals surface area contributed by atoms with Crippen molar-refractivity contribution in [3.8, 4) is 0 Å². The molecule has 0 spiro atoms. The van der Waals surface area contributed by atoms with Crippen LogP contribution in [0.2, 0.25) is 0 Å². The molecule has 208 valence electrons. The summed E-state index contributed by atoms with van der Waals surface area (Å²) in [6.45, 7) is 12.6. The van der Waals surface area contributed by atoms with Crippen LogP contribution in [0.1, 0.15) is 73.6 Å². The van der Waals surface area contributed by atoms with E-state index in [1.54, 1.807) is 11.8 Å². The molecule has 1 aliphatic carbocycles. The minimum atomic E-state index is -0.853. The third-order valence-electron chi connectivity index (χ3n) is 7.06. The predicted molar refractivity (Wildman–Crippen MR) is 150 cm³/mol. The minimum absolute atomic E-state index is 0.0269. The lowest BCUT2D eigenvalue weighted by Crippen LogP contribution is -2.60. The van der Waals surface area contributed by atoms with Gasteiger partial charge in [0.2, 0.25) is 5.91 Å².